The van der Waals surface area contributed by atoms with Crippen molar-refractivity contribution in [1.29, 1.82) is 0 Å². The molecular weight excluding hydrogens is 333 g/mol. The number of aryl methyl sites for hydroxylation is 1. The highest BCUT2D eigenvalue weighted by molar-refractivity contribution is 7.80. The van der Waals surface area contributed by atoms with Gasteiger partial charge < -0.3 is 16.4 Å². The molecule has 0 saturated carbocycles. The summed E-state index contributed by atoms with van der Waals surface area (Å²) in [6.07, 6.45) is 1.60. The Morgan fingerprint density at radius 1 is 1.33 bits per heavy atom. The van der Waals surface area contributed by atoms with Gasteiger partial charge in [-0.2, -0.15) is 5.10 Å². The Hall–Kier alpha value is -1.83. The van der Waals surface area contributed by atoms with Crippen LogP contribution >= 0.6 is 35.4 Å². The lowest BCUT2D eigenvalue weighted by Crippen LogP contribution is -2.21. The fraction of sp³-hybridized carbons (Fsp3) is 0.0833. The molecule has 0 radical (unpaired) electrons. The van der Waals surface area contributed by atoms with Crippen LogP contribution in [0.5, 0.6) is 0 Å². The molecule has 9 heteroatoms. The van der Waals surface area contributed by atoms with E-state index in [0.717, 1.165) is 0 Å². The standard InChI is InChI=1S/C12H11Cl2N5OS/c1-19-5-9(10(18-19)11(15)20)17-12(21)16-6-2-3-7(13)8(14)4-6/h2-5H,1H3,(H2,15,20)(H2,16,17,21). The fourth-order valence-electron chi connectivity index (χ4n) is 1.62. The molecule has 1 aromatic carbocycles. The molecule has 1 heterocycles. The predicted molar refractivity (Wildman–Crippen MR) is 88.0 cm³/mol. The quantitative estimate of drug-likeness (QED) is 0.746. The van der Waals surface area contributed by atoms with Gasteiger partial charge in [0.05, 0.1) is 15.7 Å². The van der Waals surface area contributed by atoms with Gasteiger partial charge in [-0.15, -0.1) is 0 Å². The highest BCUT2D eigenvalue weighted by Crippen LogP contribution is 2.25. The summed E-state index contributed by atoms with van der Waals surface area (Å²) in [6, 6.07) is 5.00. The number of thiocarbonyl (C=S) groups is 1. The van der Waals surface area contributed by atoms with Crippen molar-refractivity contribution in [3.8, 4) is 0 Å². The molecule has 0 atom stereocenters. The zero-order valence-electron chi connectivity index (χ0n) is 10.9. The largest absolute Gasteiger partial charge is 0.364 e. The normalized spacial score (nSPS) is 10.2. The van der Waals surface area contributed by atoms with E-state index in [0.29, 0.717) is 21.4 Å². The molecule has 0 spiro atoms. The molecule has 0 aliphatic rings. The molecule has 1 amide bonds. The van der Waals surface area contributed by atoms with Gasteiger partial charge in [-0.1, -0.05) is 23.2 Å². The maximum absolute atomic E-state index is 11.3. The minimum atomic E-state index is -0.643. The van der Waals surface area contributed by atoms with Crippen LogP contribution in [0.3, 0.4) is 0 Å². The number of nitrogens with zero attached hydrogens (tertiary/aromatic N) is 2. The first-order valence-electron chi connectivity index (χ1n) is 5.73. The van der Waals surface area contributed by atoms with Gasteiger partial charge in [-0.05, 0) is 30.4 Å². The Bertz CT molecular complexity index is 716. The van der Waals surface area contributed by atoms with Gasteiger partial charge in [0.25, 0.3) is 5.91 Å². The molecular formula is C12H11Cl2N5OS. The topological polar surface area (TPSA) is 85.0 Å². The van der Waals surface area contributed by atoms with E-state index in [-0.39, 0.29) is 10.8 Å². The third kappa shape index (κ3) is 3.84. The maximum atomic E-state index is 11.3. The first-order chi connectivity index (χ1) is 9.86. The average molecular weight is 344 g/mol. The van der Waals surface area contributed by atoms with Crippen molar-refractivity contribution in [2.24, 2.45) is 12.8 Å². The number of carbonyl (C=O) groups is 1. The number of nitrogens with one attached hydrogen (secondary N) is 2. The number of hydrogen-bond acceptors (Lipinski definition) is 3. The Kier molecular flexibility index (Phi) is 4.66. The van der Waals surface area contributed by atoms with Crippen molar-refractivity contribution < 1.29 is 4.79 Å². The lowest BCUT2D eigenvalue weighted by molar-refractivity contribution is 0.0995. The Balaban J connectivity index is 2.11. The number of rotatable bonds is 3. The highest BCUT2D eigenvalue weighted by atomic mass is 35.5. The summed E-state index contributed by atoms with van der Waals surface area (Å²) in [5.74, 6) is -0.643. The molecule has 110 valence electrons. The monoisotopic (exact) mass is 343 g/mol. The number of carbonyl (C=O) groups excluding carboxylic acids is 1. The molecule has 0 aliphatic carbocycles. The molecule has 21 heavy (non-hydrogen) atoms. The SMILES string of the molecule is Cn1cc(NC(=S)Nc2ccc(Cl)c(Cl)c2)c(C(N)=O)n1. The summed E-state index contributed by atoms with van der Waals surface area (Å²) in [5, 5.41) is 10.8. The molecule has 4 N–H and O–H groups in total. The zero-order chi connectivity index (χ0) is 15.6. The van der Waals surface area contributed by atoms with Gasteiger partial charge in [-0.25, -0.2) is 0 Å². The van der Waals surface area contributed by atoms with Crippen molar-refractivity contribution in [1.82, 2.24) is 9.78 Å². The minimum Gasteiger partial charge on any atom is -0.364 e. The number of nitrogens with two attached hydrogens (primary N) is 1. The van der Waals surface area contributed by atoms with Crippen LogP contribution in [0.1, 0.15) is 10.5 Å². The summed E-state index contributed by atoms with van der Waals surface area (Å²) in [7, 11) is 1.67. The van der Waals surface area contributed by atoms with Crippen molar-refractivity contribution >= 4 is 57.8 Å². The van der Waals surface area contributed by atoms with Crippen LogP contribution in [-0.2, 0) is 7.05 Å². The molecule has 2 aromatic rings. The molecule has 6 nitrogen and oxygen atoms in total. The van der Waals surface area contributed by atoms with E-state index >= 15 is 0 Å². The summed E-state index contributed by atoms with van der Waals surface area (Å²) >= 11 is 16.9. The van der Waals surface area contributed by atoms with Crippen LogP contribution in [0.15, 0.2) is 24.4 Å². The summed E-state index contributed by atoms with van der Waals surface area (Å²) in [6.45, 7) is 0. The smallest absolute Gasteiger partial charge is 0.271 e. The van der Waals surface area contributed by atoms with E-state index < -0.39 is 5.91 Å². The van der Waals surface area contributed by atoms with Gasteiger partial charge in [-0.3, -0.25) is 9.48 Å². The van der Waals surface area contributed by atoms with Crippen LogP contribution in [0.4, 0.5) is 11.4 Å². The molecule has 2 rings (SSSR count). The van der Waals surface area contributed by atoms with Gasteiger partial charge >= 0.3 is 0 Å². The van der Waals surface area contributed by atoms with E-state index in [1.165, 1.54) is 4.68 Å². The van der Waals surface area contributed by atoms with E-state index in [4.69, 9.17) is 41.2 Å². The predicted octanol–water partition coefficient (Wildman–Crippen LogP) is 2.63. The van der Waals surface area contributed by atoms with Crippen molar-refractivity contribution in [3.63, 3.8) is 0 Å². The molecule has 0 fully saturated rings. The lowest BCUT2D eigenvalue weighted by atomic mass is 10.3. The molecule has 0 bridgehead atoms. The van der Waals surface area contributed by atoms with Gasteiger partial charge in [0, 0.05) is 18.9 Å². The van der Waals surface area contributed by atoms with E-state index in [9.17, 15) is 4.79 Å². The van der Waals surface area contributed by atoms with Crippen LogP contribution in [0.2, 0.25) is 10.0 Å². The zero-order valence-corrected chi connectivity index (χ0v) is 13.2. The number of benzene rings is 1. The summed E-state index contributed by atoms with van der Waals surface area (Å²) in [4.78, 5) is 11.3. The number of amides is 1. The Morgan fingerprint density at radius 2 is 2.05 bits per heavy atom. The number of aromatic nitrogens is 2. The second-order valence-corrected chi connectivity index (χ2v) is 5.36. The minimum absolute atomic E-state index is 0.107. The van der Waals surface area contributed by atoms with E-state index in [1.807, 2.05) is 0 Å². The maximum Gasteiger partial charge on any atom is 0.271 e. The Morgan fingerprint density at radius 3 is 2.67 bits per heavy atom. The van der Waals surface area contributed by atoms with Crippen LogP contribution < -0.4 is 16.4 Å². The number of halogens is 2. The summed E-state index contributed by atoms with van der Waals surface area (Å²) < 4.78 is 1.46. The first-order valence-corrected chi connectivity index (χ1v) is 6.89. The average Bonchev–Trinajstić information content (AvgIpc) is 2.75. The lowest BCUT2D eigenvalue weighted by Gasteiger charge is -2.10. The van der Waals surface area contributed by atoms with Crippen molar-refractivity contribution in [2.45, 2.75) is 0 Å². The van der Waals surface area contributed by atoms with E-state index in [2.05, 4.69) is 15.7 Å². The number of anilines is 2. The molecule has 1 aromatic heterocycles. The number of hydrogen-bond donors (Lipinski definition) is 3. The third-order valence-corrected chi connectivity index (χ3v) is 3.43. The van der Waals surface area contributed by atoms with Crippen molar-refractivity contribution in [2.75, 3.05) is 10.6 Å². The van der Waals surface area contributed by atoms with Crippen LogP contribution in [-0.4, -0.2) is 20.8 Å². The van der Waals surface area contributed by atoms with E-state index in [1.54, 1.807) is 31.4 Å². The van der Waals surface area contributed by atoms with Gasteiger partial charge in [0.1, 0.15) is 0 Å². The summed E-state index contributed by atoms with van der Waals surface area (Å²) in [5.41, 5.74) is 6.43. The van der Waals surface area contributed by atoms with Gasteiger partial charge in [0.15, 0.2) is 10.8 Å². The first kappa shape index (κ1) is 15.6. The van der Waals surface area contributed by atoms with Gasteiger partial charge in [0.2, 0.25) is 0 Å². The second-order valence-electron chi connectivity index (χ2n) is 4.14. The number of primary amides is 1. The van der Waals surface area contributed by atoms with Crippen LogP contribution in [0.25, 0.3) is 0 Å². The molecule has 0 aliphatic heterocycles. The Labute approximate surface area is 136 Å². The molecule has 0 unspecified atom stereocenters. The third-order valence-electron chi connectivity index (χ3n) is 2.49. The second kappa shape index (κ2) is 6.30. The fourth-order valence-corrected chi connectivity index (χ4v) is 2.15. The molecule has 0 saturated heterocycles. The van der Waals surface area contributed by atoms with Crippen LogP contribution in [0, 0.1) is 0 Å². The van der Waals surface area contributed by atoms with Crippen molar-refractivity contribution in [3.05, 3.63) is 40.1 Å². The highest BCUT2D eigenvalue weighted by Gasteiger charge is 2.14.